The van der Waals surface area contributed by atoms with Gasteiger partial charge in [0.2, 0.25) is 10.0 Å². The molecular weight excluding hydrogens is 262 g/mol. The molecule has 1 aromatic carbocycles. The minimum atomic E-state index is -3.94. The van der Waals surface area contributed by atoms with Crippen LogP contribution in [0.4, 0.5) is 8.78 Å². The maximum absolute atomic E-state index is 13.5. The predicted octanol–water partition coefficient (Wildman–Crippen LogP) is 0.933. The van der Waals surface area contributed by atoms with Gasteiger partial charge in [0.15, 0.2) is 0 Å². The molecule has 1 aromatic rings. The molecule has 4 nitrogen and oxygen atoms in total. The molecule has 0 spiro atoms. The van der Waals surface area contributed by atoms with Gasteiger partial charge in [-0.3, -0.25) is 0 Å². The van der Waals surface area contributed by atoms with Crippen molar-refractivity contribution in [3.05, 3.63) is 29.8 Å². The molecule has 2 atom stereocenters. The van der Waals surface area contributed by atoms with Crippen molar-refractivity contribution >= 4 is 10.0 Å². The molecule has 0 aliphatic carbocycles. The lowest BCUT2D eigenvalue weighted by Gasteiger charge is -2.16. The van der Waals surface area contributed by atoms with Crippen molar-refractivity contribution in [3.8, 4) is 0 Å². The lowest BCUT2D eigenvalue weighted by Crippen LogP contribution is -2.32. The third-order valence-corrected chi connectivity index (χ3v) is 5.01. The zero-order chi connectivity index (χ0) is 13.5. The molecule has 0 amide bonds. The first-order chi connectivity index (χ1) is 8.32. The SMILES string of the molecule is CC1CN(S(=O)(=O)c2ccc(F)cc2F)CC1N. The molecular formula is C11H14F2N2O2S. The summed E-state index contributed by atoms with van der Waals surface area (Å²) in [6.07, 6.45) is 0. The Kier molecular flexibility index (Phi) is 3.39. The van der Waals surface area contributed by atoms with Gasteiger partial charge in [-0.2, -0.15) is 4.31 Å². The lowest BCUT2D eigenvalue weighted by atomic mass is 10.1. The van der Waals surface area contributed by atoms with Crippen molar-refractivity contribution in [1.29, 1.82) is 0 Å². The summed E-state index contributed by atoms with van der Waals surface area (Å²) in [6.45, 7) is 2.24. The predicted molar refractivity (Wildman–Crippen MR) is 62.3 cm³/mol. The molecule has 1 aliphatic heterocycles. The molecule has 7 heteroatoms. The van der Waals surface area contributed by atoms with Crippen LogP contribution in [0, 0.1) is 17.6 Å². The molecule has 0 saturated carbocycles. The second-order valence-electron chi connectivity index (χ2n) is 4.54. The highest BCUT2D eigenvalue weighted by Crippen LogP contribution is 2.25. The molecule has 2 rings (SSSR count). The topological polar surface area (TPSA) is 63.4 Å². The maximum atomic E-state index is 13.5. The summed E-state index contributed by atoms with van der Waals surface area (Å²) in [4.78, 5) is -0.509. The monoisotopic (exact) mass is 276 g/mol. The molecule has 100 valence electrons. The second-order valence-corrected chi connectivity index (χ2v) is 6.44. The van der Waals surface area contributed by atoms with Gasteiger partial charge in [0.25, 0.3) is 0 Å². The standard InChI is InChI=1S/C11H14F2N2O2S/c1-7-5-15(6-10(7)14)18(16,17)11-3-2-8(12)4-9(11)13/h2-4,7,10H,5-6,14H2,1H3. The van der Waals surface area contributed by atoms with E-state index in [1.165, 1.54) is 0 Å². The van der Waals surface area contributed by atoms with Crippen LogP contribution in [0.25, 0.3) is 0 Å². The fourth-order valence-corrected chi connectivity index (χ4v) is 3.59. The molecule has 18 heavy (non-hydrogen) atoms. The van der Waals surface area contributed by atoms with Crippen molar-refractivity contribution in [3.63, 3.8) is 0 Å². The molecule has 0 radical (unpaired) electrons. The third-order valence-electron chi connectivity index (χ3n) is 3.15. The lowest BCUT2D eigenvalue weighted by molar-refractivity contribution is 0.456. The Bertz CT molecular complexity index is 552. The Morgan fingerprint density at radius 2 is 2.00 bits per heavy atom. The number of benzene rings is 1. The largest absolute Gasteiger partial charge is 0.326 e. The van der Waals surface area contributed by atoms with Crippen LogP contribution >= 0.6 is 0 Å². The van der Waals surface area contributed by atoms with E-state index < -0.39 is 26.6 Å². The first-order valence-electron chi connectivity index (χ1n) is 5.53. The highest BCUT2D eigenvalue weighted by atomic mass is 32.2. The van der Waals surface area contributed by atoms with E-state index in [-0.39, 0.29) is 25.0 Å². The quantitative estimate of drug-likeness (QED) is 0.874. The number of nitrogens with zero attached hydrogens (tertiary/aromatic N) is 1. The fraction of sp³-hybridized carbons (Fsp3) is 0.455. The van der Waals surface area contributed by atoms with Gasteiger partial charge < -0.3 is 5.73 Å². The summed E-state index contributed by atoms with van der Waals surface area (Å²) in [6, 6.07) is 2.17. The Morgan fingerprint density at radius 3 is 2.50 bits per heavy atom. The first kappa shape index (κ1) is 13.4. The van der Waals surface area contributed by atoms with E-state index in [2.05, 4.69) is 0 Å². The summed E-state index contributed by atoms with van der Waals surface area (Å²) in [5.74, 6) is -1.87. The van der Waals surface area contributed by atoms with Gasteiger partial charge in [-0.1, -0.05) is 6.92 Å². The molecule has 1 fully saturated rings. The van der Waals surface area contributed by atoms with E-state index in [1.54, 1.807) is 0 Å². The summed E-state index contributed by atoms with van der Waals surface area (Å²) in [5.41, 5.74) is 5.75. The first-order valence-corrected chi connectivity index (χ1v) is 6.97. The number of sulfonamides is 1. The van der Waals surface area contributed by atoms with E-state index in [0.29, 0.717) is 6.07 Å². The Balaban J connectivity index is 2.37. The number of rotatable bonds is 2. The minimum absolute atomic E-state index is 0.0169. The summed E-state index contributed by atoms with van der Waals surface area (Å²) in [7, 11) is -3.94. The summed E-state index contributed by atoms with van der Waals surface area (Å²) >= 11 is 0. The van der Waals surface area contributed by atoms with Crippen molar-refractivity contribution in [2.24, 2.45) is 11.7 Å². The smallest absolute Gasteiger partial charge is 0.246 e. The number of halogens is 2. The van der Waals surface area contributed by atoms with Gasteiger partial charge in [0.1, 0.15) is 16.5 Å². The van der Waals surface area contributed by atoms with E-state index in [9.17, 15) is 17.2 Å². The van der Waals surface area contributed by atoms with E-state index in [4.69, 9.17) is 5.73 Å². The summed E-state index contributed by atoms with van der Waals surface area (Å²) < 4.78 is 51.8. The second kappa shape index (κ2) is 4.56. The molecule has 2 unspecified atom stereocenters. The highest BCUT2D eigenvalue weighted by molar-refractivity contribution is 7.89. The Morgan fingerprint density at radius 1 is 1.33 bits per heavy atom. The van der Waals surface area contributed by atoms with Crippen molar-refractivity contribution in [2.45, 2.75) is 17.9 Å². The molecule has 1 aliphatic rings. The van der Waals surface area contributed by atoms with Crippen molar-refractivity contribution in [2.75, 3.05) is 13.1 Å². The normalized spacial score (nSPS) is 25.6. The molecule has 0 aromatic heterocycles. The van der Waals surface area contributed by atoms with Crippen LogP contribution in [0.3, 0.4) is 0 Å². The molecule has 2 N–H and O–H groups in total. The zero-order valence-electron chi connectivity index (χ0n) is 9.81. The Labute approximate surface area is 104 Å². The van der Waals surface area contributed by atoms with E-state index >= 15 is 0 Å². The van der Waals surface area contributed by atoms with Crippen LogP contribution in [0.2, 0.25) is 0 Å². The Hall–Kier alpha value is -1.05. The van der Waals surface area contributed by atoms with Gasteiger partial charge in [-0.25, -0.2) is 17.2 Å². The zero-order valence-corrected chi connectivity index (χ0v) is 10.6. The van der Waals surface area contributed by atoms with Crippen LogP contribution in [-0.4, -0.2) is 31.9 Å². The molecule has 0 bridgehead atoms. The van der Waals surface area contributed by atoms with Crippen molar-refractivity contribution < 1.29 is 17.2 Å². The van der Waals surface area contributed by atoms with Crippen LogP contribution in [0.15, 0.2) is 23.1 Å². The van der Waals surface area contributed by atoms with Gasteiger partial charge >= 0.3 is 0 Å². The average Bonchev–Trinajstić information content (AvgIpc) is 2.59. The number of hydrogen-bond acceptors (Lipinski definition) is 3. The summed E-state index contributed by atoms with van der Waals surface area (Å²) in [5, 5.41) is 0. The highest BCUT2D eigenvalue weighted by Gasteiger charge is 2.36. The van der Waals surface area contributed by atoms with Crippen LogP contribution < -0.4 is 5.73 Å². The van der Waals surface area contributed by atoms with E-state index in [0.717, 1.165) is 16.4 Å². The van der Waals surface area contributed by atoms with Gasteiger partial charge in [0.05, 0.1) is 0 Å². The average molecular weight is 276 g/mol. The fourth-order valence-electron chi connectivity index (χ4n) is 1.97. The minimum Gasteiger partial charge on any atom is -0.326 e. The van der Waals surface area contributed by atoms with Crippen LogP contribution in [0.1, 0.15) is 6.92 Å². The van der Waals surface area contributed by atoms with Crippen LogP contribution in [0.5, 0.6) is 0 Å². The maximum Gasteiger partial charge on any atom is 0.246 e. The number of hydrogen-bond donors (Lipinski definition) is 1. The molecule has 1 saturated heterocycles. The van der Waals surface area contributed by atoms with E-state index in [1.807, 2.05) is 6.92 Å². The number of nitrogens with two attached hydrogens (primary N) is 1. The van der Waals surface area contributed by atoms with Gasteiger partial charge in [-0.15, -0.1) is 0 Å². The van der Waals surface area contributed by atoms with Crippen molar-refractivity contribution in [1.82, 2.24) is 4.31 Å². The molecule has 1 heterocycles. The van der Waals surface area contributed by atoms with Crippen LogP contribution in [-0.2, 0) is 10.0 Å². The van der Waals surface area contributed by atoms with Gasteiger partial charge in [-0.05, 0) is 18.1 Å². The third kappa shape index (κ3) is 2.25. The van der Waals surface area contributed by atoms with Gasteiger partial charge in [0, 0.05) is 25.2 Å².